The first-order valence-corrected chi connectivity index (χ1v) is 9.30. The van der Waals surface area contributed by atoms with Crippen LogP contribution in [0.3, 0.4) is 0 Å². The van der Waals surface area contributed by atoms with Gasteiger partial charge < -0.3 is 10.9 Å². The predicted molar refractivity (Wildman–Crippen MR) is 116 cm³/mol. The van der Waals surface area contributed by atoms with Crippen LogP contribution in [0.5, 0.6) is 5.75 Å². The highest BCUT2D eigenvalue weighted by atomic mass is 35.5. The first kappa shape index (κ1) is 18.7. The van der Waals surface area contributed by atoms with Crippen LogP contribution in [-0.2, 0) is 0 Å². The van der Waals surface area contributed by atoms with Crippen LogP contribution in [0.2, 0.25) is 5.02 Å². The third-order valence-corrected chi connectivity index (χ3v) is 4.67. The molecule has 0 radical (unpaired) electrons. The Kier molecular flexibility index (Phi) is 5.22. The molecule has 0 atom stereocenters. The summed E-state index contributed by atoms with van der Waals surface area (Å²) < 4.78 is 0. The zero-order valence-corrected chi connectivity index (χ0v) is 16.1. The standard InChI is InChI=1S/C23H17ClN4O/c24-18-10-6-16(7-11-18)21-14-20(15-4-2-1-3-5-15)26-23(27-21)22(28-25)17-8-12-19(29)13-9-17/h1-14,29H,25H2/b28-22+. The molecule has 4 aromatic rings. The zero-order valence-electron chi connectivity index (χ0n) is 15.3. The SMILES string of the molecule is N/N=C(\c1ccc(O)cc1)c1nc(-c2ccccc2)cc(-c2ccc(Cl)cc2)n1. The van der Waals surface area contributed by atoms with E-state index in [4.69, 9.17) is 27.4 Å². The molecule has 0 saturated carbocycles. The van der Waals surface area contributed by atoms with Crippen molar-refractivity contribution >= 4 is 17.3 Å². The average Bonchev–Trinajstić information content (AvgIpc) is 2.76. The number of aromatic hydroxyl groups is 1. The molecule has 29 heavy (non-hydrogen) atoms. The molecule has 3 aromatic carbocycles. The number of nitrogens with zero attached hydrogens (tertiary/aromatic N) is 3. The number of nitrogens with two attached hydrogens (primary N) is 1. The lowest BCUT2D eigenvalue weighted by atomic mass is 10.1. The lowest BCUT2D eigenvalue weighted by Gasteiger charge is -2.11. The van der Waals surface area contributed by atoms with Crippen molar-refractivity contribution in [3.8, 4) is 28.3 Å². The van der Waals surface area contributed by atoms with Crippen LogP contribution in [0.15, 0.2) is 90.0 Å². The lowest BCUT2D eigenvalue weighted by Crippen LogP contribution is -2.12. The van der Waals surface area contributed by atoms with Crippen molar-refractivity contribution in [2.45, 2.75) is 0 Å². The Morgan fingerprint density at radius 3 is 1.97 bits per heavy atom. The van der Waals surface area contributed by atoms with Crippen LogP contribution < -0.4 is 5.84 Å². The molecule has 5 nitrogen and oxygen atoms in total. The summed E-state index contributed by atoms with van der Waals surface area (Å²) >= 11 is 6.03. The van der Waals surface area contributed by atoms with Gasteiger partial charge in [0.25, 0.3) is 0 Å². The minimum Gasteiger partial charge on any atom is -0.508 e. The van der Waals surface area contributed by atoms with E-state index in [1.807, 2.05) is 60.7 Å². The normalized spacial score (nSPS) is 11.4. The second-order valence-corrected chi connectivity index (χ2v) is 6.80. The van der Waals surface area contributed by atoms with Gasteiger partial charge in [0.05, 0.1) is 11.4 Å². The summed E-state index contributed by atoms with van der Waals surface area (Å²) in [5.41, 5.74) is 4.47. The first-order chi connectivity index (χ1) is 14.1. The fourth-order valence-corrected chi connectivity index (χ4v) is 3.09. The zero-order chi connectivity index (χ0) is 20.2. The Balaban J connectivity index is 1.89. The van der Waals surface area contributed by atoms with Gasteiger partial charge in [-0.25, -0.2) is 9.97 Å². The van der Waals surface area contributed by atoms with Crippen molar-refractivity contribution < 1.29 is 5.11 Å². The average molecular weight is 401 g/mol. The maximum Gasteiger partial charge on any atom is 0.181 e. The molecular formula is C23H17ClN4O. The monoisotopic (exact) mass is 400 g/mol. The quantitative estimate of drug-likeness (QED) is 0.290. The molecule has 0 aliphatic heterocycles. The number of hydrazone groups is 1. The Labute approximate surface area is 173 Å². The number of aromatic nitrogens is 2. The number of phenolic OH excluding ortho intramolecular Hbond substituents is 1. The molecule has 0 bridgehead atoms. The Hall–Kier alpha value is -3.70. The van der Waals surface area contributed by atoms with Gasteiger partial charge in [-0.1, -0.05) is 54.1 Å². The van der Waals surface area contributed by atoms with Gasteiger partial charge in [0, 0.05) is 21.7 Å². The van der Waals surface area contributed by atoms with E-state index in [0.29, 0.717) is 22.1 Å². The number of rotatable bonds is 4. The van der Waals surface area contributed by atoms with E-state index in [0.717, 1.165) is 22.5 Å². The van der Waals surface area contributed by atoms with Crippen molar-refractivity contribution in [3.05, 3.63) is 101 Å². The fourth-order valence-electron chi connectivity index (χ4n) is 2.96. The van der Waals surface area contributed by atoms with E-state index < -0.39 is 0 Å². The number of benzene rings is 3. The Morgan fingerprint density at radius 2 is 1.38 bits per heavy atom. The molecule has 6 heteroatoms. The molecule has 0 spiro atoms. The summed E-state index contributed by atoms with van der Waals surface area (Å²) in [4.78, 5) is 9.41. The third kappa shape index (κ3) is 4.10. The molecule has 4 rings (SSSR count). The van der Waals surface area contributed by atoms with E-state index in [2.05, 4.69) is 5.10 Å². The van der Waals surface area contributed by atoms with Gasteiger partial charge in [-0.3, -0.25) is 0 Å². The van der Waals surface area contributed by atoms with Gasteiger partial charge in [0.2, 0.25) is 0 Å². The highest BCUT2D eigenvalue weighted by Gasteiger charge is 2.15. The first-order valence-electron chi connectivity index (χ1n) is 8.92. The summed E-state index contributed by atoms with van der Waals surface area (Å²) in [5, 5.41) is 14.2. The van der Waals surface area contributed by atoms with Crippen molar-refractivity contribution in [2.75, 3.05) is 0 Å². The van der Waals surface area contributed by atoms with Gasteiger partial charge in [-0.2, -0.15) is 5.10 Å². The second-order valence-electron chi connectivity index (χ2n) is 6.36. The van der Waals surface area contributed by atoms with Gasteiger partial charge in [-0.15, -0.1) is 0 Å². The molecular weight excluding hydrogens is 384 g/mol. The van der Waals surface area contributed by atoms with Gasteiger partial charge >= 0.3 is 0 Å². The van der Waals surface area contributed by atoms with Crippen LogP contribution in [-0.4, -0.2) is 20.8 Å². The van der Waals surface area contributed by atoms with E-state index in [-0.39, 0.29) is 5.75 Å². The van der Waals surface area contributed by atoms with Crippen LogP contribution in [0.1, 0.15) is 11.4 Å². The van der Waals surface area contributed by atoms with Crippen molar-refractivity contribution in [3.63, 3.8) is 0 Å². The predicted octanol–water partition coefficient (Wildman–Crippen LogP) is 4.88. The molecule has 0 unspecified atom stereocenters. The van der Waals surface area contributed by atoms with Gasteiger partial charge in [0.15, 0.2) is 5.82 Å². The van der Waals surface area contributed by atoms with Gasteiger partial charge in [-0.05, 0) is 42.5 Å². The summed E-state index contributed by atoms with van der Waals surface area (Å²) in [6, 6.07) is 25.8. The molecule has 1 heterocycles. The molecule has 0 aliphatic rings. The summed E-state index contributed by atoms with van der Waals surface area (Å²) in [7, 11) is 0. The smallest absolute Gasteiger partial charge is 0.181 e. The van der Waals surface area contributed by atoms with Crippen LogP contribution in [0.25, 0.3) is 22.5 Å². The molecule has 3 N–H and O–H groups in total. The van der Waals surface area contributed by atoms with E-state index in [1.54, 1.807) is 24.3 Å². The summed E-state index contributed by atoms with van der Waals surface area (Å²) in [5.74, 6) is 6.25. The second kappa shape index (κ2) is 8.12. The molecule has 142 valence electrons. The molecule has 0 aliphatic carbocycles. The van der Waals surface area contributed by atoms with Crippen molar-refractivity contribution in [1.82, 2.24) is 9.97 Å². The number of halogens is 1. The maximum absolute atomic E-state index is 9.58. The summed E-state index contributed by atoms with van der Waals surface area (Å²) in [6.45, 7) is 0. The highest BCUT2D eigenvalue weighted by molar-refractivity contribution is 6.30. The minimum atomic E-state index is 0.158. The molecule has 0 fully saturated rings. The van der Waals surface area contributed by atoms with Crippen molar-refractivity contribution in [2.24, 2.45) is 10.9 Å². The van der Waals surface area contributed by atoms with E-state index in [1.165, 1.54) is 0 Å². The van der Waals surface area contributed by atoms with Crippen LogP contribution in [0.4, 0.5) is 0 Å². The highest BCUT2D eigenvalue weighted by Crippen LogP contribution is 2.26. The van der Waals surface area contributed by atoms with E-state index in [9.17, 15) is 5.11 Å². The van der Waals surface area contributed by atoms with Crippen molar-refractivity contribution in [1.29, 1.82) is 0 Å². The van der Waals surface area contributed by atoms with Gasteiger partial charge in [0.1, 0.15) is 11.5 Å². The Morgan fingerprint density at radius 1 is 0.793 bits per heavy atom. The van der Waals surface area contributed by atoms with E-state index >= 15 is 0 Å². The fraction of sp³-hybridized carbons (Fsp3) is 0. The number of phenols is 1. The van der Waals surface area contributed by atoms with Crippen LogP contribution >= 0.6 is 11.6 Å². The lowest BCUT2D eigenvalue weighted by molar-refractivity contribution is 0.475. The largest absolute Gasteiger partial charge is 0.508 e. The molecule has 1 aromatic heterocycles. The molecule has 0 saturated heterocycles. The topological polar surface area (TPSA) is 84.4 Å². The molecule has 0 amide bonds. The number of hydrogen-bond acceptors (Lipinski definition) is 5. The minimum absolute atomic E-state index is 0.158. The Bertz CT molecular complexity index is 1160. The summed E-state index contributed by atoms with van der Waals surface area (Å²) in [6.07, 6.45) is 0. The maximum atomic E-state index is 9.58. The third-order valence-electron chi connectivity index (χ3n) is 4.42. The van der Waals surface area contributed by atoms with Crippen LogP contribution in [0, 0.1) is 0 Å². The number of hydrogen-bond donors (Lipinski definition) is 2.